The van der Waals surface area contributed by atoms with Crippen LogP contribution in [0.4, 0.5) is 0 Å². The average Bonchev–Trinajstić information content (AvgIpc) is 2.96. The average molecular weight is 314 g/mol. The van der Waals surface area contributed by atoms with E-state index in [2.05, 4.69) is 5.32 Å². The SMILES string of the molecule is CNC[C@H]1CCN(S(=O)(=O)c2ccc(OC)c(OC)c2)C1. The number of ether oxygens (including phenoxy) is 2. The fourth-order valence-electron chi connectivity index (χ4n) is 2.60. The van der Waals surface area contributed by atoms with Gasteiger partial charge in [0.15, 0.2) is 11.5 Å². The molecule has 1 heterocycles. The highest BCUT2D eigenvalue weighted by atomic mass is 32.2. The Hall–Kier alpha value is -1.31. The number of nitrogens with one attached hydrogen (secondary N) is 1. The molecule has 21 heavy (non-hydrogen) atoms. The van der Waals surface area contributed by atoms with E-state index in [4.69, 9.17) is 9.47 Å². The molecule has 1 atom stereocenters. The summed E-state index contributed by atoms with van der Waals surface area (Å²) in [5, 5.41) is 3.10. The van der Waals surface area contributed by atoms with E-state index in [-0.39, 0.29) is 4.90 Å². The quantitative estimate of drug-likeness (QED) is 0.846. The number of benzene rings is 1. The molecule has 0 amide bonds. The van der Waals surface area contributed by atoms with Crippen molar-refractivity contribution >= 4 is 10.0 Å². The zero-order valence-electron chi connectivity index (χ0n) is 12.6. The molecule has 7 heteroatoms. The van der Waals surface area contributed by atoms with Crippen molar-refractivity contribution in [3.63, 3.8) is 0 Å². The third-order valence-electron chi connectivity index (χ3n) is 3.73. The number of hydrogen-bond donors (Lipinski definition) is 1. The Labute approximate surface area is 126 Å². The highest BCUT2D eigenvalue weighted by molar-refractivity contribution is 7.89. The first-order chi connectivity index (χ1) is 10.0. The zero-order valence-corrected chi connectivity index (χ0v) is 13.4. The van der Waals surface area contributed by atoms with Crippen LogP contribution in [-0.2, 0) is 10.0 Å². The molecule has 1 aromatic carbocycles. The summed E-state index contributed by atoms with van der Waals surface area (Å²) in [6.45, 7) is 1.94. The molecular formula is C14H22N2O4S. The van der Waals surface area contributed by atoms with E-state index in [9.17, 15) is 8.42 Å². The predicted octanol–water partition coefficient (Wildman–Crippen LogP) is 0.934. The van der Waals surface area contributed by atoms with Gasteiger partial charge in [-0.1, -0.05) is 0 Å². The Morgan fingerprint density at radius 1 is 1.29 bits per heavy atom. The van der Waals surface area contributed by atoms with E-state index < -0.39 is 10.0 Å². The summed E-state index contributed by atoms with van der Waals surface area (Å²) in [5.74, 6) is 1.31. The summed E-state index contributed by atoms with van der Waals surface area (Å²) in [4.78, 5) is 0.241. The Balaban J connectivity index is 2.24. The van der Waals surface area contributed by atoms with Gasteiger partial charge in [0.25, 0.3) is 0 Å². The normalized spacial score (nSPS) is 19.7. The molecule has 1 aliphatic heterocycles. The fraction of sp³-hybridized carbons (Fsp3) is 0.571. The van der Waals surface area contributed by atoms with Crippen LogP contribution in [0.15, 0.2) is 23.1 Å². The molecule has 0 spiro atoms. The first-order valence-electron chi connectivity index (χ1n) is 6.89. The summed E-state index contributed by atoms with van der Waals surface area (Å²) in [7, 11) is 1.42. The van der Waals surface area contributed by atoms with Gasteiger partial charge < -0.3 is 14.8 Å². The van der Waals surface area contributed by atoms with Gasteiger partial charge in [-0.05, 0) is 38.1 Å². The van der Waals surface area contributed by atoms with Crippen LogP contribution >= 0.6 is 0 Å². The molecule has 0 bridgehead atoms. The molecule has 1 fully saturated rings. The topological polar surface area (TPSA) is 67.9 Å². The molecule has 0 radical (unpaired) electrons. The summed E-state index contributed by atoms with van der Waals surface area (Å²) < 4.78 is 37.2. The molecule has 1 saturated heterocycles. The summed E-state index contributed by atoms with van der Waals surface area (Å²) in [5.41, 5.74) is 0. The van der Waals surface area contributed by atoms with Crippen molar-refractivity contribution in [3.05, 3.63) is 18.2 Å². The number of nitrogens with zero attached hydrogens (tertiary/aromatic N) is 1. The number of rotatable bonds is 6. The molecule has 1 aliphatic rings. The monoisotopic (exact) mass is 314 g/mol. The van der Waals surface area contributed by atoms with Crippen molar-refractivity contribution in [2.75, 3.05) is 40.9 Å². The number of methoxy groups -OCH3 is 2. The molecule has 1 N–H and O–H groups in total. The Kier molecular flexibility index (Phi) is 5.08. The third kappa shape index (κ3) is 3.30. The molecule has 0 aromatic heterocycles. The number of hydrogen-bond acceptors (Lipinski definition) is 5. The van der Waals surface area contributed by atoms with Crippen LogP contribution in [0.2, 0.25) is 0 Å². The summed E-state index contributed by atoms with van der Waals surface area (Å²) in [6, 6.07) is 4.69. The predicted molar refractivity (Wildman–Crippen MR) is 80.3 cm³/mol. The van der Waals surface area contributed by atoms with E-state index in [1.807, 2.05) is 7.05 Å². The van der Waals surface area contributed by atoms with E-state index in [1.165, 1.54) is 24.6 Å². The first kappa shape index (κ1) is 16.1. The zero-order chi connectivity index (χ0) is 15.5. The fourth-order valence-corrected chi connectivity index (χ4v) is 4.14. The maximum absolute atomic E-state index is 12.7. The van der Waals surface area contributed by atoms with Crippen molar-refractivity contribution in [2.45, 2.75) is 11.3 Å². The van der Waals surface area contributed by atoms with Gasteiger partial charge in [0.2, 0.25) is 10.0 Å². The van der Waals surface area contributed by atoms with Crippen LogP contribution < -0.4 is 14.8 Å². The highest BCUT2D eigenvalue weighted by Crippen LogP contribution is 2.32. The molecule has 2 rings (SSSR count). The van der Waals surface area contributed by atoms with Crippen LogP contribution in [0.5, 0.6) is 11.5 Å². The van der Waals surface area contributed by atoms with E-state index in [0.29, 0.717) is 30.5 Å². The lowest BCUT2D eigenvalue weighted by atomic mass is 10.1. The smallest absolute Gasteiger partial charge is 0.243 e. The van der Waals surface area contributed by atoms with Crippen molar-refractivity contribution in [1.29, 1.82) is 0 Å². The summed E-state index contributed by atoms with van der Waals surface area (Å²) >= 11 is 0. The molecule has 118 valence electrons. The lowest BCUT2D eigenvalue weighted by Gasteiger charge is -2.17. The van der Waals surface area contributed by atoms with Crippen molar-refractivity contribution < 1.29 is 17.9 Å². The van der Waals surface area contributed by atoms with Gasteiger partial charge >= 0.3 is 0 Å². The minimum Gasteiger partial charge on any atom is -0.493 e. The van der Waals surface area contributed by atoms with Gasteiger partial charge in [0, 0.05) is 19.2 Å². The van der Waals surface area contributed by atoms with Gasteiger partial charge in [0.1, 0.15) is 0 Å². The van der Waals surface area contributed by atoms with Crippen LogP contribution in [0.1, 0.15) is 6.42 Å². The Bertz CT molecular complexity index is 589. The minimum absolute atomic E-state index is 0.241. The molecule has 1 aromatic rings. The van der Waals surface area contributed by atoms with Crippen LogP contribution in [0, 0.1) is 5.92 Å². The first-order valence-corrected chi connectivity index (χ1v) is 8.33. The molecular weight excluding hydrogens is 292 g/mol. The second kappa shape index (κ2) is 6.64. The maximum atomic E-state index is 12.7. The third-order valence-corrected chi connectivity index (χ3v) is 5.60. The highest BCUT2D eigenvalue weighted by Gasteiger charge is 2.32. The second-order valence-electron chi connectivity index (χ2n) is 5.09. The lowest BCUT2D eigenvalue weighted by Crippen LogP contribution is -2.30. The second-order valence-corrected chi connectivity index (χ2v) is 7.03. The van der Waals surface area contributed by atoms with Gasteiger partial charge in [-0.25, -0.2) is 8.42 Å². The lowest BCUT2D eigenvalue weighted by molar-refractivity contribution is 0.353. The maximum Gasteiger partial charge on any atom is 0.243 e. The summed E-state index contributed by atoms with van der Waals surface area (Å²) in [6.07, 6.45) is 0.882. The van der Waals surface area contributed by atoms with Crippen molar-refractivity contribution in [3.8, 4) is 11.5 Å². The van der Waals surface area contributed by atoms with E-state index >= 15 is 0 Å². The van der Waals surface area contributed by atoms with Crippen molar-refractivity contribution in [2.24, 2.45) is 5.92 Å². The van der Waals surface area contributed by atoms with Crippen LogP contribution in [0.3, 0.4) is 0 Å². The molecule has 0 aliphatic carbocycles. The van der Waals surface area contributed by atoms with Gasteiger partial charge in [0.05, 0.1) is 19.1 Å². The van der Waals surface area contributed by atoms with E-state index in [1.54, 1.807) is 12.1 Å². The molecule has 0 unspecified atom stereocenters. The molecule has 0 saturated carbocycles. The van der Waals surface area contributed by atoms with E-state index in [0.717, 1.165) is 13.0 Å². The Morgan fingerprint density at radius 3 is 2.62 bits per heavy atom. The largest absolute Gasteiger partial charge is 0.493 e. The van der Waals surface area contributed by atoms with Crippen LogP contribution in [-0.4, -0.2) is 53.6 Å². The van der Waals surface area contributed by atoms with Crippen molar-refractivity contribution in [1.82, 2.24) is 9.62 Å². The standard InChI is InChI=1S/C14H22N2O4S/c1-15-9-11-6-7-16(10-11)21(17,18)12-4-5-13(19-2)14(8-12)20-3/h4-5,8,11,15H,6-7,9-10H2,1-3H3/t11-/m1/s1. The number of sulfonamides is 1. The van der Waals surface area contributed by atoms with Gasteiger partial charge in [-0.15, -0.1) is 0 Å². The van der Waals surface area contributed by atoms with Crippen LogP contribution in [0.25, 0.3) is 0 Å². The minimum atomic E-state index is -3.48. The Morgan fingerprint density at radius 2 is 2.00 bits per heavy atom. The van der Waals surface area contributed by atoms with Gasteiger partial charge in [-0.2, -0.15) is 4.31 Å². The molecule has 6 nitrogen and oxygen atoms in total. The van der Waals surface area contributed by atoms with Gasteiger partial charge in [-0.3, -0.25) is 0 Å².